The van der Waals surface area contributed by atoms with Crippen molar-refractivity contribution in [3.8, 4) is 0 Å². The fourth-order valence-electron chi connectivity index (χ4n) is 3.66. The maximum absolute atomic E-state index is 11.8. The molecule has 1 saturated heterocycles. The molecule has 0 spiro atoms. The Labute approximate surface area is 211 Å². The quantitative estimate of drug-likeness (QED) is 0.177. The van der Waals surface area contributed by atoms with Crippen LogP contribution in [-0.2, 0) is 57.1 Å². The van der Waals surface area contributed by atoms with Gasteiger partial charge in [0.2, 0.25) is 0 Å². The van der Waals surface area contributed by atoms with Crippen molar-refractivity contribution >= 4 is 29.8 Å². The third kappa shape index (κ3) is 12.3. The Balaban J connectivity index is 2.82. The highest BCUT2D eigenvalue weighted by Crippen LogP contribution is 2.30. The minimum Gasteiger partial charge on any atom is -0.466 e. The van der Waals surface area contributed by atoms with Gasteiger partial charge in [0.25, 0.3) is 0 Å². The van der Waals surface area contributed by atoms with Crippen molar-refractivity contribution in [3.63, 3.8) is 0 Å². The fraction of sp³-hybridized carbons (Fsp3) is 0.792. The third-order valence-corrected chi connectivity index (χ3v) is 5.06. The van der Waals surface area contributed by atoms with Crippen molar-refractivity contribution < 1.29 is 57.1 Å². The zero-order valence-corrected chi connectivity index (χ0v) is 21.6. The van der Waals surface area contributed by atoms with Crippen LogP contribution in [0.1, 0.15) is 73.1 Å². The van der Waals surface area contributed by atoms with Crippen LogP contribution in [0.3, 0.4) is 0 Å². The first-order valence-electron chi connectivity index (χ1n) is 12.1. The Kier molecular flexibility index (Phi) is 14.7. The second-order valence-electron chi connectivity index (χ2n) is 8.26. The molecule has 0 bridgehead atoms. The zero-order chi connectivity index (χ0) is 27.1. The molecule has 12 heteroatoms. The molecule has 1 rings (SSSR count). The van der Waals surface area contributed by atoms with Gasteiger partial charge in [0, 0.05) is 40.7 Å². The topological polar surface area (TPSA) is 150 Å². The van der Waals surface area contributed by atoms with Crippen molar-refractivity contribution in [3.05, 3.63) is 0 Å². The second kappa shape index (κ2) is 16.9. The molecule has 1 fully saturated rings. The van der Waals surface area contributed by atoms with Crippen molar-refractivity contribution in [2.45, 2.75) is 104 Å². The lowest BCUT2D eigenvalue weighted by Crippen LogP contribution is -2.63. The summed E-state index contributed by atoms with van der Waals surface area (Å²) in [6.45, 7) is 6.75. The Morgan fingerprint density at radius 3 is 1.81 bits per heavy atom. The van der Waals surface area contributed by atoms with Crippen LogP contribution < -0.4 is 0 Å². The Hall–Kier alpha value is -2.73. The van der Waals surface area contributed by atoms with Crippen LogP contribution >= 0.6 is 0 Å². The van der Waals surface area contributed by atoms with Crippen LogP contribution in [0.4, 0.5) is 0 Å². The van der Waals surface area contributed by atoms with Gasteiger partial charge in [-0.25, -0.2) is 0 Å². The summed E-state index contributed by atoms with van der Waals surface area (Å²) in [6, 6.07) is 0. The van der Waals surface area contributed by atoms with Crippen LogP contribution in [0.2, 0.25) is 0 Å². The van der Waals surface area contributed by atoms with Gasteiger partial charge in [-0.05, 0) is 19.8 Å². The van der Waals surface area contributed by atoms with Gasteiger partial charge in [0.1, 0.15) is 12.7 Å². The summed E-state index contributed by atoms with van der Waals surface area (Å²) in [5.41, 5.74) is 0. The van der Waals surface area contributed by atoms with Gasteiger partial charge in [0.05, 0.1) is 6.61 Å². The molecular formula is C24H38O12. The Morgan fingerprint density at radius 1 is 0.667 bits per heavy atom. The van der Waals surface area contributed by atoms with E-state index in [1.54, 1.807) is 6.92 Å². The van der Waals surface area contributed by atoms with E-state index in [1.165, 1.54) is 13.8 Å². The summed E-state index contributed by atoms with van der Waals surface area (Å²) in [6.07, 6.45) is -1.59. The van der Waals surface area contributed by atoms with Gasteiger partial charge in [-0.1, -0.05) is 19.3 Å². The highest BCUT2D eigenvalue weighted by molar-refractivity contribution is 5.69. The minimum atomic E-state index is -1.25. The average Bonchev–Trinajstić information content (AvgIpc) is 2.77. The van der Waals surface area contributed by atoms with Crippen LogP contribution in [0, 0.1) is 0 Å². The van der Waals surface area contributed by atoms with E-state index in [0.29, 0.717) is 19.4 Å². The van der Waals surface area contributed by atoms with E-state index in [-0.39, 0.29) is 19.2 Å². The number of hydrogen-bond acceptors (Lipinski definition) is 12. The predicted octanol–water partition coefficient (Wildman–Crippen LogP) is 1.99. The molecule has 0 aromatic carbocycles. The molecule has 0 aliphatic carbocycles. The predicted molar refractivity (Wildman–Crippen MR) is 122 cm³/mol. The molecule has 0 saturated carbocycles. The summed E-state index contributed by atoms with van der Waals surface area (Å²) >= 11 is 0. The molecule has 0 N–H and O–H groups in total. The molecule has 5 atom stereocenters. The van der Waals surface area contributed by atoms with Gasteiger partial charge in [0.15, 0.2) is 24.6 Å². The molecule has 1 heterocycles. The van der Waals surface area contributed by atoms with Crippen molar-refractivity contribution in [2.75, 3.05) is 19.8 Å². The molecule has 206 valence electrons. The van der Waals surface area contributed by atoms with E-state index in [1.807, 2.05) is 0 Å². The molecular weight excluding hydrogens is 480 g/mol. The molecule has 0 radical (unpaired) electrons. The van der Waals surface area contributed by atoms with Gasteiger partial charge >= 0.3 is 29.8 Å². The zero-order valence-electron chi connectivity index (χ0n) is 21.6. The SMILES string of the molecule is CCOC(=O)CCCCCCCO[C@@H]1OC(COC(C)=O)[C@H](OC(C)=O)C(OC(C)=O)C1OC(C)=O. The fourth-order valence-corrected chi connectivity index (χ4v) is 3.66. The number of carbonyl (C=O) groups excluding carboxylic acids is 5. The number of carbonyl (C=O) groups is 5. The van der Waals surface area contributed by atoms with Crippen LogP contribution in [-0.4, -0.2) is 80.4 Å². The highest BCUT2D eigenvalue weighted by atomic mass is 16.7. The molecule has 1 aliphatic heterocycles. The normalized spacial score (nSPS) is 23.3. The first kappa shape index (κ1) is 31.3. The third-order valence-electron chi connectivity index (χ3n) is 5.06. The van der Waals surface area contributed by atoms with E-state index < -0.39 is 54.6 Å². The molecule has 12 nitrogen and oxygen atoms in total. The highest BCUT2D eigenvalue weighted by Gasteiger charge is 2.52. The summed E-state index contributed by atoms with van der Waals surface area (Å²) in [5, 5.41) is 0. The maximum atomic E-state index is 11.8. The molecule has 0 aromatic rings. The molecule has 0 amide bonds. The second-order valence-corrected chi connectivity index (χ2v) is 8.26. The largest absolute Gasteiger partial charge is 0.466 e. The van der Waals surface area contributed by atoms with Gasteiger partial charge in [-0.2, -0.15) is 0 Å². The van der Waals surface area contributed by atoms with E-state index >= 15 is 0 Å². The Morgan fingerprint density at radius 2 is 1.22 bits per heavy atom. The number of esters is 5. The van der Waals surface area contributed by atoms with E-state index in [2.05, 4.69) is 0 Å². The lowest BCUT2D eigenvalue weighted by atomic mass is 9.98. The molecule has 3 unspecified atom stereocenters. The summed E-state index contributed by atoms with van der Waals surface area (Å²) < 4.78 is 37.7. The lowest BCUT2D eigenvalue weighted by molar-refractivity contribution is -0.308. The van der Waals surface area contributed by atoms with Gasteiger partial charge in [-0.3, -0.25) is 24.0 Å². The van der Waals surface area contributed by atoms with Crippen molar-refractivity contribution in [1.82, 2.24) is 0 Å². The summed E-state index contributed by atoms with van der Waals surface area (Å²) in [7, 11) is 0. The van der Waals surface area contributed by atoms with E-state index in [9.17, 15) is 24.0 Å². The van der Waals surface area contributed by atoms with Crippen LogP contribution in [0.15, 0.2) is 0 Å². The number of unbranched alkanes of at least 4 members (excludes halogenated alkanes) is 4. The molecule has 0 aromatic heterocycles. The monoisotopic (exact) mass is 518 g/mol. The minimum absolute atomic E-state index is 0.204. The standard InChI is InChI=1S/C24H38O12/c1-6-30-20(29)12-10-8-7-9-11-13-31-24-23(35-18(5)28)22(34-17(4)27)21(33-16(3)26)19(36-24)14-32-15(2)25/h19,21-24H,6-14H2,1-5H3/t19?,21-,22?,23?,24+/m0/s1. The average molecular weight is 519 g/mol. The molecule has 36 heavy (non-hydrogen) atoms. The van der Waals surface area contributed by atoms with E-state index in [0.717, 1.165) is 39.5 Å². The van der Waals surface area contributed by atoms with Crippen LogP contribution in [0.5, 0.6) is 0 Å². The maximum Gasteiger partial charge on any atom is 0.305 e. The number of hydrogen-bond donors (Lipinski definition) is 0. The van der Waals surface area contributed by atoms with Crippen molar-refractivity contribution in [1.29, 1.82) is 0 Å². The number of ether oxygens (including phenoxy) is 7. The Bertz CT molecular complexity index is 737. The summed E-state index contributed by atoms with van der Waals surface area (Å²) in [4.78, 5) is 58.1. The lowest BCUT2D eigenvalue weighted by Gasteiger charge is -2.44. The van der Waals surface area contributed by atoms with Crippen molar-refractivity contribution in [2.24, 2.45) is 0 Å². The van der Waals surface area contributed by atoms with E-state index in [4.69, 9.17) is 33.2 Å². The first-order valence-corrected chi connectivity index (χ1v) is 12.1. The number of rotatable bonds is 15. The van der Waals surface area contributed by atoms with Gasteiger partial charge in [-0.15, -0.1) is 0 Å². The molecule has 1 aliphatic rings. The van der Waals surface area contributed by atoms with Gasteiger partial charge < -0.3 is 33.2 Å². The summed E-state index contributed by atoms with van der Waals surface area (Å²) in [5.74, 6) is -2.88. The smallest absolute Gasteiger partial charge is 0.305 e. The first-order chi connectivity index (χ1) is 17.0. The van der Waals surface area contributed by atoms with Crippen LogP contribution in [0.25, 0.3) is 0 Å².